The Balaban J connectivity index is 0.00000676. The minimum atomic E-state index is -0.449. The predicted octanol–water partition coefficient (Wildman–Crippen LogP) is 4.53. The highest BCUT2D eigenvalue weighted by atomic mass is 35.5. The number of aryl methyl sites for hydroxylation is 4. The second kappa shape index (κ2) is 17.7. The van der Waals surface area contributed by atoms with Crippen LogP contribution in [0.3, 0.4) is 0 Å². The van der Waals surface area contributed by atoms with Crippen molar-refractivity contribution in [1.82, 2.24) is 19.0 Å². The Morgan fingerprint density at radius 3 is 1.60 bits per heavy atom. The zero-order valence-electron chi connectivity index (χ0n) is 28.1. The molecule has 7 N–H and O–H groups in total. The molecular formula is C33H41Cl3N10O4. The number of halogens is 3. The van der Waals surface area contributed by atoms with Crippen LogP contribution < -0.4 is 31.9 Å². The van der Waals surface area contributed by atoms with Crippen molar-refractivity contribution >= 4 is 87.8 Å². The van der Waals surface area contributed by atoms with Crippen LogP contribution in [0.1, 0.15) is 53.8 Å². The molecule has 4 aromatic rings. The van der Waals surface area contributed by atoms with Gasteiger partial charge in [-0.25, -0.2) is 0 Å². The lowest BCUT2D eigenvalue weighted by molar-refractivity contribution is 0.0944. The largest absolute Gasteiger partial charge is 0.388 e. The number of hydrogen-bond donors (Lipinski definition) is 6. The fourth-order valence-corrected chi connectivity index (χ4v) is 5.69. The van der Waals surface area contributed by atoms with Gasteiger partial charge in [0, 0.05) is 88.8 Å². The van der Waals surface area contributed by atoms with E-state index in [1.807, 2.05) is 13.0 Å². The Morgan fingerprint density at radius 2 is 1.18 bits per heavy atom. The van der Waals surface area contributed by atoms with Crippen molar-refractivity contribution in [3.8, 4) is 0 Å². The number of hydrogen-bond acceptors (Lipinski definition) is 6. The van der Waals surface area contributed by atoms with Crippen LogP contribution in [-0.4, -0.2) is 74.6 Å². The fourth-order valence-electron chi connectivity index (χ4n) is 5.28. The molecule has 1 aromatic carbocycles. The van der Waals surface area contributed by atoms with Crippen LogP contribution >= 0.6 is 35.6 Å². The molecule has 50 heavy (non-hydrogen) atoms. The number of aromatic nitrogens is 3. The van der Waals surface area contributed by atoms with Crippen molar-refractivity contribution in [1.29, 1.82) is 5.41 Å². The molecule has 0 aliphatic carbocycles. The smallest absolute Gasteiger partial charge is 0.272 e. The van der Waals surface area contributed by atoms with E-state index in [-0.39, 0.29) is 54.4 Å². The summed E-state index contributed by atoms with van der Waals surface area (Å²) in [6.45, 7) is 3.41. The molecule has 0 bridgehead atoms. The van der Waals surface area contributed by atoms with Crippen LogP contribution in [0.15, 0.2) is 55.0 Å². The van der Waals surface area contributed by atoms with Crippen LogP contribution in [0.25, 0.3) is 0 Å². The summed E-state index contributed by atoms with van der Waals surface area (Å²) in [6, 6.07) is 10.0. The summed E-state index contributed by atoms with van der Waals surface area (Å²) >= 11 is 11.9. The van der Waals surface area contributed by atoms with Gasteiger partial charge < -0.3 is 45.6 Å². The van der Waals surface area contributed by atoms with Crippen LogP contribution in [0.5, 0.6) is 0 Å². The standard InChI is InChI=1S/C33H40Cl2N10O4.ClH/c1-20-13-21(5-6-25(20)45(11-8-34)12-9-35)30(46)39-22-15-27(43(3)17-22)32(48)41-24-16-28(44(4)19-24)33(49)40-23-14-26(42(2)18-23)31(47)38-10-7-29(36)37;/h5-6,13-19H,7-12H2,1-4H3,(H3,36,37)(H,38,47)(H,39,46)(H,40,49)(H,41,48);1H. The van der Waals surface area contributed by atoms with Gasteiger partial charge in [0.15, 0.2) is 0 Å². The Morgan fingerprint density at radius 1 is 0.740 bits per heavy atom. The van der Waals surface area contributed by atoms with E-state index in [1.54, 1.807) is 71.6 Å². The van der Waals surface area contributed by atoms with E-state index >= 15 is 0 Å². The van der Waals surface area contributed by atoms with Gasteiger partial charge in [0.1, 0.15) is 17.1 Å². The van der Waals surface area contributed by atoms with Crippen LogP contribution in [-0.2, 0) is 21.1 Å². The zero-order chi connectivity index (χ0) is 35.8. The highest BCUT2D eigenvalue weighted by Crippen LogP contribution is 2.24. The Labute approximate surface area is 306 Å². The number of nitrogens with one attached hydrogen (secondary N) is 5. The molecular weight excluding hydrogens is 707 g/mol. The van der Waals surface area contributed by atoms with Crippen LogP contribution in [0.2, 0.25) is 0 Å². The summed E-state index contributed by atoms with van der Waals surface area (Å²) in [5.74, 6) is -0.712. The number of carbonyl (C=O) groups is 4. The number of benzene rings is 1. The van der Waals surface area contributed by atoms with Crippen molar-refractivity contribution in [3.63, 3.8) is 0 Å². The number of alkyl halides is 2. The van der Waals surface area contributed by atoms with Gasteiger partial charge in [-0.3, -0.25) is 24.6 Å². The normalized spacial score (nSPS) is 10.6. The molecule has 14 nitrogen and oxygen atoms in total. The summed E-state index contributed by atoms with van der Waals surface area (Å²) in [6.07, 6.45) is 5.07. The van der Waals surface area contributed by atoms with Crippen molar-refractivity contribution < 1.29 is 19.2 Å². The lowest BCUT2D eigenvalue weighted by Crippen LogP contribution is -2.28. The zero-order valence-corrected chi connectivity index (χ0v) is 30.4. The molecule has 0 atom stereocenters. The average Bonchev–Trinajstić information content (AvgIpc) is 3.71. The van der Waals surface area contributed by atoms with Gasteiger partial charge in [0.05, 0.1) is 22.9 Å². The minimum absolute atomic E-state index is 0. The first-order chi connectivity index (χ1) is 23.3. The molecule has 0 aliphatic heterocycles. The molecule has 0 aliphatic rings. The van der Waals surface area contributed by atoms with E-state index in [1.165, 1.54) is 12.1 Å². The summed E-state index contributed by atoms with van der Waals surface area (Å²) < 4.78 is 4.73. The first-order valence-electron chi connectivity index (χ1n) is 15.3. The predicted molar refractivity (Wildman–Crippen MR) is 201 cm³/mol. The summed E-state index contributed by atoms with van der Waals surface area (Å²) in [4.78, 5) is 54.0. The summed E-state index contributed by atoms with van der Waals surface area (Å²) in [5, 5.41) is 18.4. The number of anilines is 4. The van der Waals surface area contributed by atoms with Crippen molar-refractivity contribution in [2.75, 3.05) is 52.2 Å². The molecule has 268 valence electrons. The molecule has 0 spiro atoms. The van der Waals surface area contributed by atoms with Gasteiger partial charge in [-0.05, 0) is 48.9 Å². The molecule has 0 fully saturated rings. The number of carbonyl (C=O) groups excluding carboxylic acids is 4. The SMILES string of the molecule is Cc1cc(C(=O)Nc2cc(C(=O)Nc3cc(C(=O)Nc4cc(C(=O)NCCC(=N)N)n(C)c4)n(C)c3)n(C)c2)ccc1N(CCCl)CCCl.Cl. The van der Waals surface area contributed by atoms with E-state index in [0.29, 0.717) is 53.2 Å². The molecule has 4 amide bonds. The minimum Gasteiger partial charge on any atom is -0.388 e. The summed E-state index contributed by atoms with van der Waals surface area (Å²) in [5.41, 5.74) is 9.75. The molecule has 0 saturated carbocycles. The van der Waals surface area contributed by atoms with Crippen molar-refractivity contribution in [2.45, 2.75) is 13.3 Å². The van der Waals surface area contributed by atoms with Gasteiger partial charge in [0.25, 0.3) is 23.6 Å². The van der Waals surface area contributed by atoms with Gasteiger partial charge in [0.2, 0.25) is 0 Å². The molecule has 3 aromatic heterocycles. The van der Waals surface area contributed by atoms with Gasteiger partial charge >= 0.3 is 0 Å². The highest BCUT2D eigenvalue weighted by Gasteiger charge is 2.20. The number of rotatable bonds is 15. The third-order valence-corrected chi connectivity index (χ3v) is 8.01. The summed E-state index contributed by atoms with van der Waals surface area (Å²) in [7, 11) is 5.03. The van der Waals surface area contributed by atoms with Crippen LogP contribution in [0, 0.1) is 12.3 Å². The van der Waals surface area contributed by atoms with Crippen LogP contribution in [0.4, 0.5) is 22.7 Å². The topological polar surface area (TPSA) is 184 Å². The lowest BCUT2D eigenvalue weighted by atomic mass is 10.1. The Bertz CT molecular complexity index is 1870. The molecule has 4 rings (SSSR count). The lowest BCUT2D eigenvalue weighted by Gasteiger charge is -2.25. The Hall–Kier alpha value is -4.92. The van der Waals surface area contributed by atoms with Gasteiger partial charge in [-0.15, -0.1) is 35.6 Å². The van der Waals surface area contributed by atoms with Gasteiger partial charge in [-0.1, -0.05) is 0 Å². The van der Waals surface area contributed by atoms with Crippen molar-refractivity contribution in [2.24, 2.45) is 26.9 Å². The number of amides is 4. The molecule has 3 heterocycles. The maximum absolute atomic E-state index is 13.2. The third-order valence-electron chi connectivity index (χ3n) is 7.67. The maximum atomic E-state index is 13.2. The molecule has 0 radical (unpaired) electrons. The van der Waals surface area contributed by atoms with E-state index in [9.17, 15) is 19.2 Å². The quantitative estimate of drug-likeness (QED) is 0.0590. The first-order valence-corrected chi connectivity index (χ1v) is 16.4. The molecule has 0 unspecified atom stereocenters. The second-order valence-electron chi connectivity index (χ2n) is 11.4. The number of nitrogens with zero attached hydrogens (tertiary/aromatic N) is 4. The van der Waals surface area contributed by atoms with E-state index in [0.717, 1.165) is 11.3 Å². The molecule has 17 heteroatoms. The average molecular weight is 748 g/mol. The van der Waals surface area contributed by atoms with E-state index in [2.05, 4.69) is 26.2 Å². The Kier molecular flexibility index (Phi) is 14.0. The van der Waals surface area contributed by atoms with E-state index in [4.69, 9.17) is 34.3 Å². The monoisotopic (exact) mass is 746 g/mol. The van der Waals surface area contributed by atoms with Gasteiger partial charge in [-0.2, -0.15) is 0 Å². The second-order valence-corrected chi connectivity index (χ2v) is 12.2. The van der Waals surface area contributed by atoms with E-state index < -0.39 is 11.8 Å². The number of nitrogens with two attached hydrogens (primary N) is 1. The van der Waals surface area contributed by atoms with Crippen molar-refractivity contribution in [3.05, 3.63) is 83.2 Å². The third kappa shape index (κ3) is 9.83. The first kappa shape index (κ1) is 39.5. The molecule has 0 saturated heterocycles. The maximum Gasteiger partial charge on any atom is 0.272 e. The fraction of sp³-hybridized carbons (Fsp3) is 0.303. The highest BCUT2D eigenvalue weighted by molar-refractivity contribution is 6.18. The number of amidine groups is 1.